The van der Waals surface area contributed by atoms with Crippen LogP contribution in [0.5, 0.6) is 0 Å². The van der Waals surface area contributed by atoms with Gasteiger partial charge in [0.2, 0.25) is 0 Å². The number of halogens is 2. The van der Waals surface area contributed by atoms with Gasteiger partial charge in [0, 0.05) is 27.2 Å². The molecule has 1 atom stereocenters. The first-order valence-electron chi connectivity index (χ1n) is 9.48. The lowest BCUT2D eigenvalue weighted by Gasteiger charge is -2.31. The van der Waals surface area contributed by atoms with Crippen molar-refractivity contribution in [3.05, 3.63) is 99.5 Å². The summed E-state index contributed by atoms with van der Waals surface area (Å²) in [6.45, 7) is 0.789. The largest absolute Gasteiger partial charge is 0.380 e. The maximum absolute atomic E-state index is 11.6. The van der Waals surface area contributed by atoms with E-state index in [1.165, 1.54) is 0 Å². The number of hydrogen-bond donors (Lipinski definition) is 1. The molecule has 0 amide bonds. The van der Waals surface area contributed by atoms with Crippen LogP contribution in [-0.4, -0.2) is 30.6 Å². The second-order valence-electron chi connectivity index (χ2n) is 7.33. The van der Waals surface area contributed by atoms with Crippen molar-refractivity contribution in [1.82, 2.24) is 4.90 Å². The summed E-state index contributed by atoms with van der Waals surface area (Å²) in [5, 5.41) is 12.9. The van der Waals surface area contributed by atoms with Gasteiger partial charge in [0.05, 0.1) is 0 Å². The number of benzene rings is 3. The molecule has 0 radical (unpaired) electrons. The first-order chi connectivity index (χ1) is 13.9. The zero-order valence-electron chi connectivity index (χ0n) is 16.6. The van der Waals surface area contributed by atoms with Gasteiger partial charge in [-0.1, -0.05) is 71.7 Å². The predicted octanol–water partition coefficient (Wildman–Crippen LogP) is 6.47. The normalized spacial score (nSPS) is 13.4. The lowest BCUT2D eigenvalue weighted by molar-refractivity contribution is 0.0628. The molecule has 0 saturated heterocycles. The van der Waals surface area contributed by atoms with Crippen LogP contribution in [0.25, 0.3) is 0 Å². The van der Waals surface area contributed by atoms with E-state index < -0.39 is 5.60 Å². The third-order valence-corrected chi connectivity index (χ3v) is 6.56. The average Bonchev–Trinajstić information content (AvgIpc) is 2.72. The number of aliphatic hydroxyl groups is 1. The van der Waals surface area contributed by atoms with E-state index >= 15 is 0 Å². The van der Waals surface area contributed by atoms with Crippen molar-refractivity contribution in [2.24, 2.45) is 0 Å². The first-order valence-corrected chi connectivity index (χ1v) is 11.2. The third kappa shape index (κ3) is 5.78. The summed E-state index contributed by atoms with van der Waals surface area (Å²) < 4.78 is 0. The van der Waals surface area contributed by atoms with Crippen molar-refractivity contribution in [3.63, 3.8) is 0 Å². The minimum absolute atomic E-state index is 0.622. The highest BCUT2D eigenvalue weighted by Crippen LogP contribution is 2.35. The van der Waals surface area contributed by atoms with E-state index in [0.29, 0.717) is 16.5 Å². The fourth-order valence-electron chi connectivity index (χ4n) is 3.18. The molecule has 0 aromatic heterocycles. The van der Waals surface area contributed by atoms with E-state index in [1.54, 1.807) is 17.8 Å². The highest BCUT2D eigenvalue weighted by Gasteiger charge is 2.31. The van der Waals surface area contributed by atoms with E-state index in [2.05, 4.69) is 17.0 Å². The van der Waals surface area contributed by atoms with Crippen LogP contribution in [0.15, 0.2) is 77.7 Å². The van der Waals surface area contributed by atoms with E-state index in [0.717, 1.165) is 33.9 Å². The maximum atomic E-state index is 11.6. The Morgan fingerprint density at radius 3 is 2.17 bits per heavy atom. The van der Waals surface area contributed by atoms with Gasteiger partial charge in [-0.05, 0) is 61.5 Å². The topological polar surface area (TPSA) is 23.5 Å². The summed E-state index contributed by atoms with van der Waals surface area (Å²) in [6.07, 6.45) is 0.622. The molecule has 5 heteroatoms. The molecule has 0 aliphatic heterocycles. The highest BCUT2D eigenvalue weighted by molar-refractivity contribution is 7.98. The third-order valence-electron chi connectivity index (χ3n) is 4.91. The fraction of sp³-hybridized carbons (Fsp3) is 0.250. The van der Waals surface area contributed by atoms with Crippen molar-refractivity contribution < 1.29 is 5.11 Å². The van der Waals surface area contributed by atoms with Crippen molar-refractivity contribution in [3.8, 4) is 0 Å². The second-order valence-corrected chi connectivity index (χ2v) is 9.22. The summed E-state index contributed by atoms with van der Waals surface area (Å²) in [4.78, 5) is 3.22. The molecule has 152 valence electrons. The lowest BCUT2D eigenvalue weighted by atomic mass is 9.83. The molecule has 0 aliphatic carbocycles. The van der Waals surface area contributed by atoms with Gasteiger partial charge in [0.25, 0.3) is 0 Å². The van der Waals surface area contributed by atoms with Crippen LogP contribution < -0.4 is 0 Å². The Balaban J connectivity index is 1.78. The molecule has 0 aliphatic rings. The molecule has 0 fully saturated rings. The van der Waals surface area contributed by atoms with E-state index in [1.807, 2.05) is 68.7 Å². The molecular formula is C24H25Cl2NOS. The zero-order chi connectivity index (χ0) is 20.9. The molecule has 0 saturated carbocycles. The van der Waals surface area contributed by atoms with Gasteiger partial charge < -0.3 is 10.0 Å². The highest BCUT2D eigenvalue weighted by atomic mass is 35.5. The number of rotatable bonds is 8. The summed E-state index contributed by atoms with van der Waals surface area (Å²) in [5.41, 5.74) is 1.85. The molecule has 29 heavy (non-hydrogen) atoms. The average molecular weight is 446 g/mol. The van der Waals surface area contributed by atoms with Crippen LogP contribution in [0.2, 0.25) is 10.0 Å². The van der Waals surface area contributed by atoms with Crippen molar-refractivity contribution >= 4 is 35.0 Å². The number of hydrogen-bond acceptors (Lipinski definition) is 3. The predicted molar refractivity (Wildman–Crippen MR) is 125 cm³/mol. The Morgan fingerprint density at radius 2 is 1.55 bits per heavy atom. The Bertz CT molecular complexity index is 931. The standard InChI is InChI=1S/C24H25Cl2NOS/c1-27(2)15-14-24(28,19-6-4-3-5-7-19)20-9-12-22(13-10-20)29-17-18-8-11-21(25)16-23(18)26/h3-13,16,28H,14-15,17H2,1-2H3. The van der Waals surface area contributed by atoms with Crippen LogP contribution >= 0.6 is 35.0 Å². The van der Waals surface area contributed by atoms with Crippen molar-refractivity contribution in [1.29, 1.82) is 0 Å². The molecule has 0 bridgehead atoms. The Morgan fingerprint density at radius 1 is 0.897 bits per heavy atom. The van der Waals surface area contributed by atoms with Gasteiger partial charge in [0.15, 0.2) is 0 Å². The van der Waals surface area contributed by atoms with E-state index in [-0.39, 0.29) is 0 Å². The van der Waals surface area contributed by atoms with Crippen molar-refractivity contribution in [2.45, 2.75) is 22.7 Å². The minimum Gasteiger partial charge on any atom is -0.380 e. The number of thioether (sulfide) groups is 1. The van der Waals surface area contributed by atoms with Crippen LogP contribution in [0.3, 0.4) is 0 Å². The molecule has 1 N–H and O–H groups in total. The molecule has 1 unspecified atom stereocenters. The monoisotopic (exact) mass is 445 g/mol. The SMILES string of the molecule is CN(C)CCC(O)(c1ccccc1)c1ccc(SCc2ccc(Cl)cc2Cl)cc1. The summed E-state index contributed by atoms with van der Waals surface area (Å²) >= 11 is 14.0. The molecule has 0 heterocycles. The van der Waals surface area contributed by atoms with Crippen LogP contribution in [0, 0.1) is 0 Å². The quantitative estimate of drug-likeness (QED) is 0.401. The van der Waals surface area contributed by atoms with Crippen LogP contribution in [0.4, 0.5) is 0 Å². The Hall–Kier alpha value is -1.49. The molecule has 3 aromatic rings. The van der Waals surface area contributed by atoms with Crippen molar-refractivity contribution in [2.75, 3.05) is 20.6 Å². The molecule has 0 spiro atoms. The molecule has 3 aromatic carbocycles. The molecule has 2 nitrogen and oxygen atoms in total. The summed E-state index contributed by atoms with van der Waals surface area (Å²) in [7, 11) is 4.04. The fourth-order valence-corrected chi connectivity index (χ4v) is 4.64. The maximum Gasteiger partial charge on any atom is 0.116 e. The first kappa shape index (κ1) is 22.2. The van der Waals surface area contributed by atoms with Gasteiger partial charge in [-0.25, -0.2) is 0 Å². The van der Waals surface area contributed by atoms with E-state index in [9.17, 15) is 5.11 Å². The smallest absolute Gasteiger partial charge is 0.116 e. The van der Waals surface area contributed by atoms with Gasteiger partial charge >= 0.3 is 0 Å². The second kappa shape index (κ2) is 10.0. The summed E-state index contributed by atoms with van der Waals surface area (Å²) in [6, 6.07) is 23.6. The minimum atomic E-state index is -1.02. The van der Waals surface area contributed by atoms with E-state index in [4.69, 9.17) is 23.2 Å². The Labute approximate surface area is 187 Å². The number of nitrogens with zero attached hydrogens (tertiary/aromatic N) is 1. The van der Waals surface area contributed by atoms with Gasteiger partial charge in [-0.15, -0.1) is 11.8 Å². The molecule has 3 rings (SSSR count). The molecular weight excluding hydrogens is 421 g/mol. The van der Waals surface area contributed by atoms with Gasteiger partial charge in [-0.3, -0.25) is 0 Å². The Kier molecular flexibility index (Phi) is 7.66. The lowest BCUT2D eigenvalue weighted by Crippen LogP contribution is -2.31. The zero-order valence-corrected chi connectivity index (χ0v) is 18.9. The van der Waals surface area contributed by atoms with Gasteiger partial charge in [0.1, 0.15) is 5.60 Å². The van der Waals surface area contributed by atoms with Gasteiger partial charge in [-0.2, -0.15) is 0 Å². The van der Waals surface area contributed by atoms with Crippen LogP contribution in [-0.2, 0) is 11.4 Å². The summed E-state index contributed by atoms with van der Waals surface area (Å²) in [5.74, 6) is 0.763. The van der Waals surface area contributed by atoms with Crippen LogP contribution in [0.1, 0.15) is 23.1 Å².